The van der Waals surface area contributed by atoms with Gasteiger partial charge in [-0.15, -0.1) is 0 Å². The van der Waals surface area contributed by atoms with Crippen LogP contribution in [0.2, 0.25) is 0 Å². The summed E-state index contributed by atoms with van der Waals surface area (Å²) in [7, 11) is 1.69. The molecule has 0 aromatic heterocycles. The second kappa shape index (κ2) is 25.5. The normalized spacial score (nSPS) is 11.2. The minimum Gasteiger partial charge on any atom is -0.297 e. The molecule has 0 N–H and O–H groups in total. The Labute approximate surface area is 242 Å². The van der Waals surface area contributed by atoms with Crippen LogP contribution in [0.5, 0.6) is 0 Å². The van der Waals surface area contributed by atoms with Crippen molar-refractivity contribution in [3.8, 4) is 0 Å². The molecule has 3 heteroatoms. The topological polar surface area (TPSA) is 41.8 Å². The van der Waals surface area contributed by atoms with Gasteiger partial charge in [0.2, 0.25) is 0 Å². The molecule has 0 aliphatic carbocycles. The number of aliphatic imine (C=N–C) groups is 2. The van der Waals surface area contributed by atoms with Crippen molar-refractivity contribution in [3.05, 3.63) is 76.9 Å². The van der Waals surface area contributed by atoms with E-state index in [9.17, 15) is 4.79 Å². The summed E-state index contributed by atoms with van der Waals surface area (Å²) in [5.41, 5.74) is 6.80. The van der Waals surface area contributed by atoms with Gasteiger partial charge in [-0.25, -0.2) is 0 Å². The third kappa shape index (κ3) is 20.8. The summed E-state index contributed by atoms with van der Waals surface area (Å²) >= 11 is 0. The summed E-state index contributed by atoms with van der Waals surface area (Å²) in [6, 6.07) is 16.9. The fourth-order valence-electron chi connectivity index (χ4n) is 2.90. The predicted molar refractivity (Wildman–Crippen MR) is 177 cm³/mol. The lowest BCUT2D eigenvalue weighted by molar-refractivity contribution is -0.115. The molecule has 2 rings (SSSR count). The Morgan fingerprint density at radius 2 is 1.44 bits per heavy atom. The fraction of sp³-hybridized carbons (Fsp3) is 0.528. The first kappa shape index (κ1) is 38.3. The molecule has 0 saturated carbocycles. The molecule has 0 aliphatic rings. The monoisotopic (exact) mass is 534 g/mol. The van der Waals surface area contributed by atoms with Crippen LogP contribution >= 0.6 is 0 Å². The van der Waals surface area contributed by atoms with Gasteiger partial charge in [-0.3, -0.25) is 14.8 Å². The van der Waals surface area contributed by atoms with Crippen LogP contribution in [0, 0.1) is 19.8 Å². The summed E-state index contributed by atoms with van der Waals surface area (Å²) in [4.78, 5) is 19.9. The zero-order chi connectivity index (χ0) is 30.1. The number of Topliss-reactive ketones (excluding diaryl/α,β-unsaturated/α-hetero) is 1. The predicted octanol–water partition coefficient (Wildman–Crippen LogP) is 11.1. The number of hydrogen-bond acceptors (Lipinski definition) is 3. The molecule has 39 heavy (non-hydrogen) atoms. The van der Waals surface area contributed by atoms with Crippen molar-refractivity contribution in [1.29, 1.82) is 0 Å². The Balaban J connectivity index is 0. The van der Waals surface area contributed by atoms with Crippen molar-refractivity contribution in [2.24, 2.45) is 15.9 Å². The molecule has 0 radical (unpaired) electrons. The fourth-order valence-corrected chi connectivity index (χ4v) is 2.90. The van der Waals surface area contributed by atoms with Crippen LogP contribution in [0.25, 0.3) is 0 Å². The maximum atomic E-state index is 11.3. The molecular weight excluding hydrogens is 476 g/mol. The highest BCUT2D eigenvalue weighted by Crippen LogP contribution is 2.20. The summed E-state index contributed by atoms with van der Waals surface area (Å²) in [6.45, 7) is 21.2. The number of carbonyl (C=O) groups is 1. The van der Waals surface area contributed by atoms with E-state index < -0.39 is 0 Å². The minimum absolute atomic E-state index is 0.233. The SMILES string of the molecule is CCC.CCC(C)C.CCCC(=Nc1ccccc1C)c1ccc(C)cc1.CCCCC(=O)/C(C)=C/C=NC. The zero-order valence-electron chi connectivity index (χ0n) is 27.1. The van der Waals surface area contributed by atoms with Crippen LogP contribution in [0.15, 0.2) is 70.2 Å². The van der Waals surface area contributed by atoms with Crippen molar-refractivity contribution in [3.63, 3.8) is 0 Å². The van der Waals surface area contributed by atoms with E-state index in [2.05, 4.69) is 110 Å². The average molecular weight is 535 g/mol. The molecule has 0 unspecified atom stereocenters. The van der Waals surface area contributed by atoms with Gasteiger partial charge >= 0.3 is 0 Å². The summed E-state index contributed by atoms with van der Waals surface area (Å²) in [5.74, 6) is 1.12. The number of carbonyl (C=O) groups excluding carboxylic acids is 1. The van der Waals surface area contributed by atoms with Gasteiger partial charge < -0.3 is 0 Å². The number of rotatable bonds is 10. The van der Waals surface area contributed by atoms with E-state index in [1.807, 2.05) is 13.0 Å². The molecule has 0 heterocycles. The van der Waals surface area contributed by atoms with E-state index in [1.54, 1.807) is 19.3 Å². The number of nitrogens with zero attached hydrogens (tertiary/aromatic N) is 2. The number of unbranched alkanes of at least 4 members (excludes halogenated alkanes) is 1. The number of aryl methyl sites for hydroxylation is 2. The Morgan fingerprint density at radius 1 is 0.872 bits per heavy atom. The van der Waals surface area contributed by atoms with E-state index >= 15 is 0 Å². The van der Waals surface area contributed by atoms with Crippen LogP contribution in [0.1, 0.15) is 117 Å². The van der Waals surface area contributed by atoms with Crippen molar-refractivity contribution in [1.82, 2.24) is 0 Å². The molecule has 0 fully saturated rings. The van der Waals surface area contributed by atoms with Crippen LogP contribution in [0.3, 0.4) is 0 Å². The second-order valence-corrected chi connectivity index (χ2v) is 10.3. The van der Waals surface area contributed by atoms with Gasteiger partial charge in [0, 0.05) is 25.4 Å². The first-order chi connectivity index (χ1) is 18.6. The highest BCUT2D eigenvalue weighted by molar-refractivity contribution is 6.02. The lowest BCUT2D eigenvalue weighted by Gasteiger charge is -2.08. The largest absolute Gasteiger partial charge is 0.297 e. The van der Waals surface area contributed by atoms with Crippen LogP contribution < -0.4 is 0 Å². The number of hydrogen-bond donors (Lipinski definition) is 0. The number of para-hydroxylation sites is 1. The highest BCUT2D eigenvalue weighted by atomic mass is 16.1. The summed E-state index contributed by atoms with van der Waals surface area (Å²) < 4.78 is 0. The maximum absolute atomic E-state index is 11.3. The first-order valence-corrected chi connectivity index (χ1v) is 14.9. The summed E-state index contributed by atoms with van der Waals surface area (Å²) in [5, 5.41) is 0. The molecule has 3 nitrogen and oxygen atoms in total. The van der Waals surface area contributed by atoms with Crippen molar-refractivity contribution in [2.75, 3.05) is 7.05 Å². The van der Waals surface area contributed by atoms with Crippen LogP contribution in [-0.4, -0.2) is 24.8 Å². The molecule has 0 amide bonds. The number of benzene rings is 2. The average Bonchev–Trinajstić information content (AvgIpc) is 2.92. The Hall–Kier alpha value is -2.81. The Morgan fingerprint density at radius 3 is 1.90 bits per heavy atom. The van der Waals surface area contributed by atoms with Gasteiger partial charge in [0.05, 0.1) is 5.69 Å². The maximum Gasteiger partial charge on any atom is 0.158 e. The second-order valence-electron chi connectivity index (χ2n) is 10.3. The van der Waals surface area contributed by atoms with E-state index in [-0.39, 0.29) is 5.78 Å². The zero-order valence-corrected chi connectivity index (χ0v) is 27.1. The van der Waals surface area contributed by atoms with Crippen molar-refractivity contribution >= 4 is 23.4 Å². The van der Waals surface area contributed by atoms with Gasteiger partial charge in [-0.05, 0) is 68.4 Å². The molecule has 2 aromatic carbocycles. The molecule has 0 aliphatic heterocycles. The molecule has 0 bridgehead atoms. The standard InChI is InChI=1S/C18H21N.C10H17NO.C5H12.C3H8/c1-4-7-18(16-12-10-14(2)11-13-16)19-17-9-6-5-8-15(17)3;1-4-5-6-10(12)9(2)7-8-11-3;1-4-5(2)3;1-3-2/h5-6,8-13H,4,7H2,1-3H3;7-8H,4-6H2,1-3H3;5H,4H2,1-3H3;3H2,1-2H3/b;9-7+,11-8?;;. The van der Waals surface area contributed by atoms with Crippen molar-refractivity contribution in [2.45, 2.75) is 114 Å². The molecule has 0 saturated heterocycles. The number of allylic oxidation sites excluding steroid dienone is 2. The molecule has 0 spiro atoms. The number of ketones is 1. The lowest BCUT2D eigenvalue weighted by atomic mass is 10.0. The summed E-state index contributed by atoms with van der Waals surface area (Å²) in [6.07, 6.45) is 10.8. The van der Waals surface area contributed by atoms with Crippen molar-refractivity contribution < 1.29 is 4.79 Å². The Bertz CT molecular complexity index is 966. The lowest BCUT2D eigenvalue weighted by Crippen LogP contribution is -2.00. The first-order valence-electron chi connectivity index (χ1n) is 14.9. The van der Waals surface area contributed by atoms with E-state index in [1.165, 1.54) is 35.2 Å². The van der Waals surface area contributed by atoms with E-state index in [0.29, 0.717) is 6.42 Å². The molecule has 0 atom stereocenters. The van der Waals surface area contributed by atoms with Crippen LogP contribution in [0.4, 0.5) is 5.69 Å². The molecule has 2 aromatic rings. The highest BCUT2D eigenvalue weighted by Gasteiger charge is 2.04. The smallest absolute Gasteiger partial charge is 0.158 e. The quantitative estimate of drug-likeness (QED) is 0.221. The van der Waals surface area contributed by atoms with E-state index in [0.717, 1.165) is 42.9 Å². The third-order valence-electron chi connectivity index (χ3n) is 5.73. The van der Waals surface area contributed by atoms with Crippen LogP contribution in [-0.2, 0) is 4.79 Å². The van der Waals surface area contributed by atoms with Gasteiger partial charge in [0.1, 0.15) is 0 Å². The van der Waals surface area contributed by atoms with Gasteiger partial charge in [-0.1, -0.05) is 122 Å². The minimum atomic E-state index is 0.233. The Kier molecular flexibility index (Phi) is 25.0. The third-order valence-corrected chi connectivity index (χ3v) is 5.73. The van der Waals surface area contributed by atoms with Gasteiger partial charge in [0.25, 0.3) is 0 Å². The molecule has 218 valence electrons. The van der Waals surface area contributed by atoms with E-state index in [4.69, 9.17) is 4.99 Å². The van der Waals surface area contributed by atoms with Gasteiger partial charge in [0.15, 0.2) is 5.78 Å². The molecular formula is C36H58N2O. The van der Waals surface area contributed by atoms with Gasteiger partial charge in [-0.2, -0.15) is 0 Å².